The lowest BCUT2D eigenvalue weighted by atomic mass is 9.96. The molecule has 24 rings (SSSR count). The molecule has 4 heterocycles. The van der Waals surface area contributed by atoms with Crippen LogP contribution in [0.15, 0.2) is 441 Å². The zero-order valence-corrected chi connectivity index (χ0v) is 68.5. The molecular weight excluding hydrogens is 1530 g/mol. The molecule has 0 aliphatic rings. The topological polar surface area (TPSA) is 19.6 Å². The molecule has 0 aliphatic carbocycles. The second-order valence-corrected chi connectivity index (χ2v) is 34.9. The van der Waals surface area contributed by atoms with Crippen molar-refractivity contribution in [2.45, 2.75) is 0 Å². The Morgan fingerprint density at radius 3 is 1.03 bits per heavy atom. The maximum absolute atomic E-state index is 6.55. The van der Waals surface area contributed by atoms with Crippen molar-refractivity contribution in [3.8, 4) is 100 Å². The average Bonchev–Trinajstić information content (AvgIpc) is 1.57. The van der Waals surface area contributed by atoms with Crippen LogP contribution in [0.2, 0.25) is 0 Å². The first-order valence-electron chi connectivity index (χ1n) is 41.5. The second kappa shape index (κ2) is 29.5. The Morgan fingerprint density at radius 2 is 0.492 bits per heavy atom. The minimum atomic E-state index is 0.894. The maximum Gasteiger partial charge on any atom is 0.143 e. The molecule has 0 unspecified atom stereocenters. The van der Waals surface area contributed by atoms with Crippen LogP contribution in [0.1, 0.15) is 0 Å². The highest BCUT2D eigenvalue weighted by Crippen LogP contribution is 2.50. The van der Waals surface area contributed by atoms with Gasteiger partial charge in [-0.1, -0.05) is 322 Å². The van der Waals surface area contributed by atoms with E-state index in [1.165, 1.54) is 154 Å². The van der Waals surface area contributed by atoms with Crippen molar-refractivity contribution in [3.63, 3.8) is 0 Å². The van der Waals surface area contributed by atoms with Crippen LogP contribution in [0.3, 0.4) is 0 Å². The lowest BCUT2D eigenvalue weighted by molar-refractivity contribution is 0.670. The summed E-state index contributed by atoms with van der Waals surface area (Å²) < 4.78 is 14.3. The van der Waals surface area contributed by atoms with E-state index in [0.29, 0.717) is 0 Å². The summed E-state index contributed by atoms with van der Waals surface area (Å²) in [7, 11) is 0. The van der Waals surface area contributed by atoms with Crippen LogP contribution in [0.5, 0.6) is 0 Å². The van der Waals surface area contributed by atoms with Crippen LogP contribution in [-0.2, 0) is 0 Å². The summed E-state index contributed by atoms with van der Waals surface area (Å²) in [6.45, 7) is 0. The SMILES string of the molecule is c1cc(-c2cccc(N(c3ccc(-c4cccc5ccccc45)cc3)c3ccc(-c4cccc5c4sc4ccc(-c6ccc7c(c6)sc6c(-c8cccc(-c9cccc(N(c%10ccc(-c%11cccc%12ccccc%11%12)cc%10)c%10ccc(-c%11cccc%12c%11oc%11ccccc%11%12)cc%10)c9)c8)cccc67)cc45)cc3)c2)cc(-c2cccc3c2sc2ccccc23)c1. The molecule has 570 valence electrons. The Morgan fingerprint density at radius 1 is 0.164 bits per heavy atom. The van der Waals surface area contributed by atoms with Gasteiger partial charge in [0.25, 0.3) is 0 Å². The molecule has 0 fully saturated rings. The number of hydrogen-bond acceptors (Lipinski definition) is 6. The molecule has 6 heteroatoms. The number of nitrogens with zero attached hydrogens (tertiary/aromatic N) is 2. The summed E-state index contributed by atoms with van der Waals surface area (Å²) in [5, 5.41) is 14.9. The fourth-order valence-corrected chi connectivity index (χ4v) is 22.5. The molecule has 122 heavy (non-hydrogen) atoms. The first-order valence-corrected chi connectivity index (χ1v) is 44.0. The van der Waals surface area contributed by atoms with E-state index in [-0.39, 0.29) is 0 Å². The van der Waals surface area contributed by atoms with E-state index in [1.807, 2.05) is 40.1 Å². The van der Waals surface area contributed by atoms with Crippen LogP contribution < -0.4 is 9.80 Å². The van der Waals surface area contributed by atoms with Crippen LogP contribution >= 0.6 is 34.0 Å². The highest BCUT2D eigenvalue weighted by Gasteiger charge is 2.23. The van der Waals surface area contributed by atoms with E-state index in [9.17, 15) is 0 Å². The first-order chi connectivity index (χ1) is 60.4. The normalized spacial score (nSPS) is 11.8. The van der Waals surface area contributed by atoms with E-state index in [0.717, 1.165) is 83.9 Å². The molecule has 0 saturated heterocycles. The first kappa shape index (κ1) is 71.1. The minimum absolute atomic E-state index is 0.894. The molecule has 0 spiro atoms. The number of furan rings is 1. The van der Waals surface area contributed by atoms with Crippen molar-refractivity contribution in [1.29, 1.82) is 0 Å². The predicted octanol–water partition coefficient (Wildman–Crippen LogP) is 34.9. The predicted molar refractivity (Wildman–Crippen MR) is 526 cm³/mol. The number of benzene rings is 20. The van der Waals surface area contributed by atoms with Gasteiger partial charge in [-0.05, 0) is 231 Å². The molecule has 3 nitrogen and oxygen atoms in total. The zero-order valence-electron chi connectivity index (χ0n) is 66.1. The summed E-state index contributed by atoms with van der Waals surface area (Å²) in [5.41, 5.74) is 29.5. The lowest BCUT2D eigenvalue weighted by Crippen LogP contribution is -2.10. The molecule has 0 atom stereocenters. The van der Waals surface area contributed by atoms with Crippen molar-refractivity contribution < 1.29 is 4.42 Å². The van der Waals surface area contributed by atoms with Gasteiger partial charge in [0.15, 0.2) is 0 Å². The van der Waals surface area contributed by atoms with E-state index in [4.69, 9.17) is 4.42 Å². The van der Waals surface area contributed by atoms with Gasteiger partial charge in [-0.25, -0.2) is 0 Å². The van der Waals surface area contributed by atoms with Crippen LogP contribution in [-0.4, -0.2) is 0 Å². The quantitative estimate of drug-likeness (QED) is 0.102. The number of rotatable bonds is 15. The van der Waals surface area contributed by atoms with Gasteiger partial charge in [-0.15, -0.1) is 34.0 Å². The molecule has 0 bridgehead atoms. The summed E-state index contributed by atoms with van der Waals surface area (Å²) in [6.07, 6.45) is 0. The third kappa shape index (κ3) is 12.4. The molecular formula is C116H72N2OS3. The number of thiophene rings is 3. The Kier molecular flexibility index (Phi) is 17.2. The molecule has 0 radical (unpaired) electrons. The van der Waals surface area contributed by atoms with Crippen molar-refractivity contribution >= 4 is 172 Å². The Bertz CT molecular complexity index is 8260. The lowest BCUT2D eigenvalue weighted by Gasteiger charge is -2.26. The summed E-state index contributed by atoms with van der Waals surface area (Å²) in [4.78, 5) is 4.79. The highest BCUT2D eigenvalue weighted by molar-refractivity contribution is 7.27. The smallest absolute Gasteiger partial charge is 0.143 e. The van der Waals surface area contributed by atoms with Crippen molar-refractivity contribution in [1.82, 2.24) is 0 Å². The molecule has 0 N–H and O–H groups in total. The van der Waals surface area contributed by atoms with Gasteiger partial charge in [0.2, 0.25) is 0 Å². The standard InChI is InChI=1S/C116H72N2OS3/c1-3-31-93-73(19-1)21-13-35-95(93)75-47-57-87(58-48-75)117(89-61-51-77(52-62-89)97-37-15-41-104-101-33-5-7-45-109(101)119-113(97)104)91-29-11-26-82(69-91)80-24-10-28-86(68-80)100-40-18-43-106-103-65-55-84(72-112(103)122-116(100)106)83-56-66-111-108(71-83)107-44-16-38-98(114(107)121-111)78-53-63-90(64-54-78)118(88-59-49-76(50-60-88)96-36-14-22-74-20-2-4-32-94(74)96)92-30-12-25-81(70-92)79-23-9-27-85(67-79)99-39-17-42-105-102-34-6-8-46-110(102)120-115(99)105/h1-72H. The van der Waals surface area contributed by atoms with Gasteiger partial charge < -0.3 is 14.2 Å². The molecule has 0 aliphatic heterocycles. The van der Waals surface area contributed by atoms with Gasteiger partial charge in [-0.2, -0.15) is 0 Å². The third-order valence-electron chi connectivity index (χ3n) is 24.7. The maximum atomic E-state index is 6.55. The monoisotopic (exact) mass is 1600 g/mol. The molecule has 0 amide bonds. The largest absolute Gasteiger partial charge is 0.455 e. The summed E-state index contributed by atoms with van der Waals surface area (Å²) in [5.74, 6) is 0. The second-order valence-electron chi connectivity index (χ2n) is 31.7. The fraction of sp³-hybridized carbons (Fsp3) is 0. The van der Waals surface area contributed by atoms with Gasteiger partial charge in [0.1, 0.15) is 11.2 Å². The van der Waals surface area contributed by atoms with Crippen molar-refractivity contribution in [2.75, 3.05) is 9.80 Å². The van der Waals surface area contributed by atoms with Gasteiger partial charge in [0.05, 0.1) is 0 Å². The van der Waals surface area contributed by atoms with Crippen molar-refractivity contribution in [3.05, 3.63) is 437 Å². The van der Waals surface area contributed by atoms with E-state index in [2.05, 4.69) is 441 Å². The van der Waals surface area contributed by atoms with Crippen LogP contribution in [0, 0.1) is 0 Å². The summed E-state index contributed by atoms with van der Waals surface area (Å²) in [6, 6.07) is 161. The summed E-state index contributed by atoms with van der Waals surface area (Å²) >= 11 is 5.65. The minimum Gasteiger partial charge on any atom is -0.455 e. The zero-order chi connectivity index (χ0) is 80.3. The van der Waals surface area contributed by atoms with Crippen molar-refractivity contribution in [2.24, 2.45) is 0 Å². The number of fused-ring (bicyclic) bond motifs is 14. The van der Waals surface area contributed by atoms with Crippen LogP contribution in [0.25, 0.3) is 204 Å². The number of hydrogen-bond donors (Lipinski definition) is 0. The number of anilines is 6. The average molecular weight is 1610 g/mol. The van der Waals surface area contributed by atoms with E-state index >= 15 is 0 Å². The highest BCUT2D eigenvalue weighted by atomic mass is 32.1. The van der Waals surface area contributed by atoms with Gasteiger partial charge in [-0.3, -0.25) is 0 Å². The van der Waals surface area contributed by atoms with E-state index in [1.54, 1.807) is 0 Å². The van der Waals surface area contributed by atoms with Gasteiger partial charge >= 0.3 is 0 Å². The van der Waals surface area contributed by atoms with E-state index < -0.39 is 0 Å². The molecule has 24 aromatic rings. The Balaban J connectivity index is 0.533. The Hall–Kier alpha value is -15.0. The Labute approximate surface area is 717 Å². The molecule has 4 aromatic heterocycles. The third-order valence-corrected chi connectivity index (χ3v) is 28.3. The van der Waals surface area contributed by atoms with Crippen LogP contribution in [0.4, 0.5) is 34.1 Å². The van der Waals surface area contributed by atoms with Gasteiger partial charge in [0, 0.05) is 111 Å². The number of para-hydroxylation sites is 2. The molecule has 0 saturated carbocycles. The fourth-order valence-electron chi connectivity index (χ4n) is 18.8. The molecule has 20 aromatic carbocycles.